The number of rotatable bonds is 3. The number of alkyl halides is 3. The molecule has 0 aliphatic heterocycles. The predicted octanol–water partition coefficient (Wildman–Crippen LogP) is 2.19. The Morgan fingerprint density at radius 2 is 1.50 bits per heavy atom. The van der Waals surface area contributed by atoms with Crippen molar-refractivity contribution in [3.63, 3.8) is 0 Å². The number of halogens is 3. The van der Waals surface area contributed by atoms with Crippen LogP contribution in [0.2, 0.25) is 0 Å². The Labute approximate surface area is 91.7 Å². The third-order valence-corrected chi connectivity index (χ3v) is 5.03. The topological polar surface area (TPSA) is 0 Å². The molecule has 0 aromatic heterocycles. The van der Waals surface area contributed by atoms with Crippen molar-refractivity contribution in [3.8, 4) is 0 Å². The van der Waals surface area contributed by atoms with Crippen molar-refractivity contribution in [2.45, 2.75) is 24.5 Å². The second-order valence-electron chi connectivity index (χ2n) is 3.26. The molecule has 0 heterocycles. The molecule has 4 heteroatoms. The molecule has 14 heavy (non-hydrogen) atoms. The van der Waals surface area contributed by atoms with Gasteiger partial charge in [0.1, 0.15) is 0 Å². The van der Waals surface area contributed by atoms with Gasteiger partial charge in [0.25, 0.3) is 0 Å². The molecule has 0 N–H and O–H groups in total. The zero-order chi connectivity index (χ0) is 10.7. The number of aryl methyl sites for hydroxylation is 2. The molecule has 0 saturated heterocycles. The molecule has 0 aliphatic carbocycles. The first-order valence-corrected chi connectivity index (χ1v) is 7.33. The van der Waals surface area contributed by atoms with Crippen LogP contribution in [0.15, 0.2) is 18.2 Å². The monoisotopic (exact) mass is 308 g/mol. The summed E-state index contributed by atoms with van der Waals surface area (Å²) >= 11 is -1.78. The summed E-state index contributed by atoms with van der Waals surface area (Å²) in [5, 5.41) is 0. The molecule has 0 nitrogen and oxygen atoms in total. The molecule has 1 atom stereocenters. The van der Waals surface area contributed by atoms with Crippen LogP contribution in [-0.2, 0) is 0 Å². The molecule has 76 valence electrons. The summed E-state index contributed by atoms with van der Waals surface area (Å²) in [6, 6.07) is 5.58. The Kier molecular flexibility index (Phi) is 4.28. The van der Waals surface area contributed by atoms with Crippen LogP contribution in [-0.4, -0.2) is 31.8 Å². The molecule has 2 radical (unpaired) electrons. The average molecular weight is 307 g/mol. The Balaban J connectivity index is 2.76. The van der Waals surface area contributed by atoms with E-state index in [1.807, 2.05) is 32.0 Å². The van der Waals surface area contributed by atoms with Crippen LogP contribution < -0.4 is 3.58 Å². The van der Waals surface area contributed by atoms with Gasteiger partial charge >= 0.3 is 91.7 Å². The van der Waals surface area contributed by atoms with E-state index < -0.39 is 31.8 Å². The maximum absolute atomic E-state index is 12.8. The van der Waals surface area contributed by atoms with E-state index >= 15 is 0 Å². The van der Waals surface area contributed by atoms with E-state index in [9.17, 15) is 13.2 Å². The van der Waals surface area contributed by atoms with Crippen LogP contribution in [0.1, 0.15) is 11.1 Å². The SMILES string of the molecule is Cc1cc(C)c[c]([Sn][CH](F)C(F)F)c1. The van der Waals surface area contributed by atoms with Gasteiger partial charge in [-0.1, -0.05) is 0 Å². The molecule has 0 aliphatic rings. The first kappa shape index (κ1) is 11.9. The van der Waals surface area contributed by atoms with Gasteiger partial charge in [-0.25, -0.2) is 0 Å². The van der Waals surface area contributed by atoms with E-state index in [-0.39, 0.29) is 0 Å². The van der Waals surface area contributed by atoms with Gasteiger partial charge in [0, 0.05) is 0 Å². The summed E-state index contributed by atoms with van der Waals surface area (Å²) in [4.78, 5) is 0. The molecule has 0 amide bonds. The van der Waals surface area contributed by atoms with E-state index in [0.717, 1.165) is 14.7 Å². The van der Waals surface area contributed by atoms with Crippen molar-refractivity contribution in [3.05, 3.63) is 29.3 Å². The average Bonchev–Trinajstić information content (AvgIpc) is 2.01. The van der Waals surface area contributed by atoms with Crippen molar-refractivity contribution in [2.24, 2.45) is 0 Å². The van der Waals surface area contributed by atoms with E-state index in [2.05, 4.69) is 0 Å². The Hall–Kier alpha value is -0.191. The summed E-state index contributed by atoms with van der Waals surface area (Å²) in [5.41, 5.74) is 2.03. The van der Waals surface area contributed by atoms with Crippen LogP contribution in [0.4, 0.5) is 13.2 Å². The molecule has 0 fully saturated rings. The second kappa shape index (κ2) is 5.05. The zero-order valence-electron chi connectivity index (χ0n) is 8.02. The van der Waals surface area contributed by atoms with Crippen molar-refractivity contribution in [1.82, 2.24) is 0 Å². The van der Waals surface area contributed by atoms with Crippen molar-refractivity contribution in [2.75, 3.05) is 0 Å². The standard InChI is InChI=1S/C8H9.C2H2F3.Sn/c1-7-4-3-5-8(2)6-7;3-1-2(4)5;/h4-6H,1-2H3;1-2H;. The van der Waals surface area contributed by atoms with Gasteiger partial charge in [-0.15, -0.1) is 0 Å². The third kappa shape index (κ3) is 3.52. The van der Waals surface area contributed by atoms with Crippen LogP contribution in [0.5, 0.6) is 0 Å². The van der Waals surface area contributed by atoms with Gasteiger partial charge in [0.15, 0.2) is 0 Å². The number of hydrogen-bond acceptors (Lipinski definition) is 0. The first-order valence-electron chi connectivity index (χ1n) is 4.26. The minimum absolute atomic E-state index is 0.805. The van der Waals surface area contributed by atoms with Crippen molar-refractivity contribution in [1.29, 1.82) is 0 Å². The zero-order valence-corrected chi connectivity index (χ0v) is 10.9. The summed E-state index contributed by atoms with van der Waals surface area (Å²) in [6.45, 7) is 3.79. The first-order chi connectivity index (χ1) is 6.49. The number of hydrogen-bond donors (Lipinski definition) is 0. The van der Waals surface area contributed by atoms with Gasteiger partial charge in [-0.3, -0.25) is 0 Å². The van der Waals surface area contributed by atoms with Crippen molar-refractivity contribution < 1.29 is 13.2 Å². The van der Waals surface area contributed by atoms with E-state index in [1.54, 1.807) is 0 Å². The van der Waals surface area contributed by atoms with Crippen LogP contribution >= 0.6 is 0 Å². The maximum atomic E-state index is 12.8. The summed E-state index contributed by atoms with van der Waals surface area (Å²) < 4.78 is 35.7. The summed E-state index contributed by atoms with van der Waals surface area (Å²) in [7, 11) is 0. The van der Waals surface area contributed by atoms with Gasteiger partial charge < -0.3 is 0 Å². The van der Waals surface area contributed by atoms with Gasteiger partial charge in [0.05, 0.1) is 0 Å². The fourth-order valence-electron chi connectivity index (χ4n) is 1.28. The third-order valence-electron chi connectivity index (χ3n) is 1.75. The second-order valence-corrected chi connectivity index (χ2v) is 7.30. The summed E-state index contributed by atoms with van der Waals surface area (Å²) in [6.07, 6.45) is -2.82. The molecule has 1 unspecified atom stereocenters. The van der Waals surface area contributed by atoms with Gasteiger partial charge in [-0.2, -0.15) is 0 Å². The van der Waals surface area contributed by atoms with E-state index in [1.165, 1.54) is 0 Å². The van der Waals surface area contributed by atoms with Gasteiger partial charge in [-0.05, 0) is 0 Å². The predicted molar refractivity (Wildman–Crippen MR) is 52.2 cm³/mol. The molecule has 0 spiro atoms. The van der Waals surface area contributed by atoms with Gasteiger partial charge in [0.2, 0.25) is 0 Å². The number of benzene rings is 1. The molecule has 1 aromatic rings. The normalized spacial score (nSPS) is 13.3. The molecule has 0 bridgehead atoms. The molecular formula is C10H11F3Sn. The Morgan fingerprint density at radius 1 is 1.00 bits per heavy atom. The van der Waals surface area contributed by atoms with Crippen LogP contribution in [0, 0.1) is 13.8 Å². The fourth-order valence-corrected chi connectivity index (χ4v) is 4.32. The summed E-state index contributed by atoms with van der Waals surface area (Å²) in [5.74, 6) is 0. The molecule has 1 aromatic carbocycles. The van der Waals surface area contributed by atoms with Crippen LogP contribution in [0.25, 0.3) is 0 Å². The minimum atomic E-state index is -2.82. The Bertz CT molecular complexity index is 292. The quantitative estimate of drug-likeness (QED) is 0.751. The van der Waals surface area contributed by atoms with E-state index in [0.29, 0.717) is 0 Å². The molecular weight excluding hydrogens is 296 g/mol. The molecule has 1 rings (SSSR count). The molecule has 0 saturated carbocycles. The van der Waals surface area contributed by atoms with Crippen LogP contribution in [0.3, 0.4) is 0 Å². The van der Waals surface area contributed by atoms with Crippen molar-refractivity contribution >= 4 is 24.7 Å². The fraction of sp³-hybridized carbons (Fsp3) is 0.400. The van der Waals surface area contributed by atoms with E-state index in [4.69, 9.17) is 0 Å². The Morgan fingerprint density at radius 3 is 1.93 bits per heavy atom.